The third-order valence-electron chi connectivity index (χ3n) is 4.79. The fourth-order valence-corrected chi connectivity index (χ4v) is 3.32. The number of piperazine rings is 1. The van der Waals surface area contributed by atoms with Crippen LogP contribution in [0.5, 0.6) is 0 Å². The second kappa shape index (κ2) is 7.51. The van der Waals surface area contributed by atoms with Gasteiger partial charge >= 0.3 is 0 Å². The van der Waals surface area contributed by atoms with Crippen molar-refractivity contribution in [3.63, 3.8) is 0 Å². The van der Waals surface area contributed by atoms with Gasteiger partial charge in [-0.3, -0.25) is 9.59 Å². The summed E-state index contributed by atoms with van der Waals surface area (Å²) in [6.07, 6.45) is 0.731. The molecule has 1 heterocycles. The predicted octanol–water partition coefficient (Wildman–Crippen LogP) is 3.36. The summed E-state index contributed by atoms with van der Waals surface area (Å²) in [6.45, 7) is 5.30. The van der Waals surface area contributed by atoms with Crippen LogP contribution < -0.4 is 4.90 Å². The Labute approximate surface area is 149 Å². The number of amides is 2. The molecule has 3 rings (SSSR count). The van der Waals surface area contributed by atoms with Gasteiger partial charge in [0.2, 0.25) is 11.8 Å². The molecule has 0 aliphatic carbocycles. The smallest absolute Gasteiger partial charge is 0.246 e. The minimum absolute atomic E-state index is 0.0219. The van der Waals surface area contributed by atoms with Crippen molar-refractivity contribution in [1.29, 1.82) is 0 Å². The summed E-state index contributed by atoms with van der Waals surface area (Å²) >= 11 is 0. The molecule has 1 aliphatic rings. The van der Waals surface area contributed by atoms with Crippen LogP contribution in [0.25, 0.3) is 0 Å². The Morgan fingerprint density at radius 3 is 2.32 bits per heavy atom. The van der Waals surface area contributed by atoms with Gasteiger partial charge < -0.3 is 9.80 Å². The molecule has 1 fully saturated rings. The van der Waals surface area contributed by atoms with Crippen molar-refractivity contribution in [3.8, 4) is 0 Å². The molecule has 2 aromatic rings. The van der Waals surface area contributed by atoms with Gasteiger partial charge in [0.15, 0.2) is 0 Å². The third kappa shape index (κ3) is 3.73. The van der Waals surface area contributed by atoms with E-state index in [0.717, 1.165) is 17.7 Å². The Morgan fingerprint density at radius 2 is 1.72 bits per heavy atom. The van der Waals surface area contributed by atoms with E-state index in [1.165, 1.54) is 5.56 Å². The van der Waals surface area contributed by atoms with Crippen LogP contribution in [0.3, 0.4) is 0 Å². The number of aryl methyl sites for hydroxylation is 1. The van der Waals surface area contributed by atoms with Crippen LogP contribution in [0, 0.1) is 6.92 Å². The summed E-state index contributed by atoms with van der Waals surface area (Å²) < 4.78 is 0. The Hall–Kier alpha value is -2.62. The van der Waals surface area contributed by atoms with Gasteiger partial charge in [0.1, 0.15) is 6.54 Å². The number of rotatable bonds is 4. The van der Waals surface area contributed by atoms with Gasteiger partial charge in [-0.25, -0.2) is 0 Å². The number of benzene rings is 2. The van der Waals surface area contributed by atoms with E-state index in [0.29, 0.717) is 13.1 Å². The highest BCUT2D eigenvalue weighted by molar-refractivity contribution is 5.98. The van der Waals surface area contributed by atoms with Gasteiger partial charge in [-0.1, -0.05) is 55.0 Å². The summed E-state index contributed by atoms with van der Waals surface area (Å²) in [5, 5.41) is 0. The Bertz CT molecular complexity index is 740. The lowest BCUT2D eigenvalue weighted by Crippen LogP contribution is -2.53. The van der Waals surface area contributed by atoms with Crippen LogP contribution in [0.1, 0.15) is 30.4 Å². The molecule has 130 valence electrons. The Balaban J connectivity index is 1.70. The van der Waals surface area contributed by atoms with E-state index in [1.54, 1.807) is 9.80 Å². The summed E-state index contributed by atoms with van der Waals surface area (Å²) in [4.78, 5) is 29.0. The first-order valence-electron chi connectivity index (χ1n) is 8.81. The highest BCUT2D eigenvalue weighted by Crippen LogP contribution is 2.24. The quantitative estimate of drug-likeness (QED) is 0.859. The monoisotopic (exact) mass is 336 g/mol. The average molecular weight is 336 g/mol. The van der Waals surface area contributed by atoms with Crippen LogP contribution in [0.4, 0.5) is 5.69 Å². The molecule has 0 bridgehead atoms. The molecule has 1 saturated heterocycles. The van der Waals surface area contributed by atoms with Gasteiger partial charge in [-0.15, -0.1) is 0 Å². The first-order chi connectivity index (χ1) is 12.1. The molecule has 4 heteroatoms. The maximum absolute atomic E-state index is 12.9. The van der Waals surface area contributed by atoms with Crippen LogP contribution >= 0.6 is 0 Å². The van der Waals surface area contributed by atoms with Crippen molar-refractivity contribution in [3.05, 3.63) is 65.7 Å². The molecule has 1 atom stereocenters. The van der Waals surface area contributed by atoms with E-state index >= 15 is 0 Å². The molecule has 0 spiro atoms. The SMILES string of the molecule is CC[C@@H](C(=O)N1CCN(c2ccc(C)cc2)C(=O)C1)c1ccccc1. The zero-order chi connectivity index (χ0) is 17.8. The number of hydrogen-bond acceptors (Lipinski definition) is 2. The van der Waals surface area contributed by atoms with Crippen molar-refractivity contribution in [2.45, 2.75) is 26.2 Å². The van der Waals surface area contributed by atoms with Crippen molar-refractivity contribution in [1.82, 2.24) is 4.90 Å². The molecule has 25 heavy (non-hydrogen) atoms. The maximum Gasteiger partial charge on any atom is 0.246 e. The summed E-state index contributed by atoms with van der Waals surface area (Å²) in [7, 11) is 0. The number of anilines is 1. The molecule has 0 N–H and O–H groups in total. The van der Waals surface area contributed by atoms with Crippen molar-refractivity contribution >= 4 is 17.5 Å². The zero-order valence-electron chi connectivity index (χ0n) is 14.8. The lowest BCUT2D eigenvalue weighted by atomic mass is 9.94. The Morgan fingerprint density at radius 1 is 1.04 bits per heavy atom. The lowest BCUT2D eigenvalue weighted by Gasteiger charge is -2.36. The molecule has 0 radical (unpaired) electrons. The normalized spacial score (nSPS) is 16.0. The molecular weight excluding hydrogens is 312 g/mol. The van der Waals surface area contributed by atoms with E-state index < -0.39 is 0 Å². The zero-order valence-corrected chi connectivity index (χ0v) is 14.8. The molecule has 0 aromatic heterocycles. The average Bonchev–Trinajstić information content (AvgIpc) is 2.64. The number of hydrogen-bond donors (Lipinski definition) is 0. The highest BCUT2D eigenvalue weighted by atomic mass is 16.2. The van der Waals surface area contributed by atoms with Crippen molar-refractivity contribution in [2.24, 2.45) is 0 Å². The topological polar surface area (TPSA) is 40.6 Å². The van der Waals surface area contributed by atoms with E-state index in [4.69, 9.17) is 0 Å². The summed E-state index contributed by atoms with van der Waals surface area (Å²) in [5.41, 5.74) is 3.08. The third-order valence-corrected chi connectivity index (χ3v) is 4.79. The fourth-order valence-electron chi connectivity index (χ4n) is 3.32. The number of carbonyl (C=O) groups excluding carboxylic acids is 2. The van der Waals surface area contributed by atoms with E-state index in [2.05, 4.69) is 0 Å². The van der Waals surface area contributed by atoms with Crippen LogP contribution in [-0.2, 0) is 9.59 Å². The van der Waals surface area contributed by atoms with Crippen LogP contribution in [0.2, 0.25) is 0 Å². The van der Waals surface area contributed by atoms with E-state index in [9.17, 15) is 9.59 Å². The minimum atomic E-state index is -0.181. The predicted molar refractivity (Wildman–Crippen MR) is 99.6 cm³/mol. The van der Waals surface area contributed by atoms with Gasteiger partial charge in [0.25, 0.3) is 0 Å². The van der Waals surface area contributed by atoms with Crippen LogP contribution in [0.15, 0.2) is 54.6 Å². The van der Waals surface area contributed by atoms with Gasteiger partial charge in [0.05, 0.1) is 5.92 Å². The summed E-state index contributed by atoms with van der Waals surface area (Å²) in [5.74, 6) is -0.156. The first kappa shape index (κ1) is 17.2. The number of carbonyl (C=O) groups is 2. The molecule has 2 amide bonds. The standard InChI is InChI=1S/C21H24N2O2/c1-3-19(17-7-5-4-6-8-17)21(25)22-13-14-23(20(24)15-22)18-11-9-16(2)10-12-18/h4-12,19H,3,13-15H2,1-2H3/t19-/m1/s1. The van der Waals surface area contributed by atoms with Crippen molar-refractivity contribution in [2.75, 3.05) is 24.5 Å². The van der Waals surface area contributed by atoms with E-state index in [-0.39, 0.29) is 24.3 Å². The highest BCUT2D eigenvalue weighted by Gasteiger charge is 2.31. The first-order valence-corrected chi connectivity index (χ1v) is 8.81. The molecular formula is C21H24N2O2. The fraction of sp³-hybridized carbons (Fsp3) is 0.333. The molecule has 0 saturated carbocycles. The molecule has 0 unspecified atom stereocenters. The second-order valence-corrected chi connectivity index (χ2v) is 6.51. The van der Waals surface area contributed by atoms with E-state index in [1.807, 2.05) is 68.4 Å². The largest absolute Gasteiger partial charge is 0.331 e. The second-order valence-electron chi connectivity index (χ2n) is 6.51. The van der Waals surface area contributed by atoms with Gasteiger partial charge in [-0.2, -0.15) is 0 Å². The number of nitrogens with zero attached hydrogens (tertiary/aromatic N) is 2. The van der Waals surface area contributed by atoms with Crippen LogP contribution in [-0.4, -0.2) is 36.3 Å². The minimum Gasteiger partial charge on any atom is -0.331 e. The van der Waals surface area contributed by atoms with Gasteiger partial charge in [0, 0.05) is 18.8 Å². The maximum atomic E-state index is 12.9. The molecule has 1 aliphatic heterocycles. The van der Waals surface area contributed by atoms with Crippen molar-refractivity contribution < 1.29 is 9.59 Å². The Kier molecular flexibility index (Phi) is 5.17. The molecule has 2 aromatic carbocycles. The summed E-state index contributed by atoms with van der Waals surface area (Å²) in [6, 6.07) is 17.7. The lowest BCUT2D eigenvalue weighted by molar-refractivity contribution is -0.138. The van der Waals surface area contributed by atoms with Gasteiger partial charge in [-0.05, 0) is 31.0 Å². The molecule has 4 nitrogen and oxygen atoms in total.